The van der Waals surface area contributed by atoms with Crippen LogP contribution < -0.4 is 5.32 Å². The van der Waals surface area contributed by atoms with Crippen LogP contribution in [-0.4, -0.2) is 9.97 Å². The summed E-state index contributed by atoms with van der Waals surface area (Å²) in [5.41, 5.74) is 2.76. The van der Waals surface area contributed by atoms with E-state index in [1.54, 1.807) is 6.20 Å². The summed E-state index contributed by atoms with van der Waals surface area (Å²) in [6.45, 7) is 0.610. The SMILES string of the molecule is c1ncc(CNc2ccc3oc(C4CC4)nc3c2)o1. The Morgan fingerprint density at radius 2 is 2.26 bits per heavy atom. The molecular weight excluding hydrogens is 242 g/mol. The lowest BCUT2D eigenvalue weighted by atomic mass is 10.3. The molecule has 1 aliphatic carbocycles. The van der Waals surface area contributed by atoms with Crippen molar-refractivity contribution >= 4 is 16.8 Å². The second-order valence-electron chi connectivity index (χ2n) is 4.83. The zero-order chi connectivity index (χ0) is 12.7. The molecule has 0 spiro atoms. The highest BCUT2D eigenvalue weighted by Crippen LogP contribution is 2.40. The van der Waals surface area contributed by atoms with Gasteiger partial charge >= 0.3 is 0 Å². The molecule has 5 heteroatoms. The van der Waals surface area contributed by atoms with Gasteiger partial charge in [-0.25, -0.2) is 9.97 Å². The van der Waals surface area contributed by atoms with Crippen LogP contribution in [0.25, 0.3) is 11.1 Å². The van der Waals surface area contributed by atoms with E-state index in [1.807, 2.05) is 18.2 Å². The number of fused-ring (bicyclic) bond motifs is 1. The predicted octanol–water partition coefficient (Wildman–Crippen LogP) is 3.31. The molecule has 1 saturated carbocycles. The number of nitrogens with one attached hydrogen (secondary N) is 1. The van der Waals surface area contributed by atoms with Gasteiger partial charge in [0.2, 0.25) is 0 Å². The lowest BCUT2D eigenvalue weighted by molar-refractivity contribution is 0.512. The van der Waals surface area contributed by atoms with Gasteiger partial charge < -0.3 is 14.2 Å². The first kappa shape index (κ1) is 10.6. The van der Waals surface area contributed by atoms with Crippen LogP contribution in [0, 0.1) is 0 Å². The largest absolute Gasteiger partial charge is 0.447 e. The van der Waals surface area contributed by atoms with Gasteiger partial charge in [-0.3, -0.25) is 0 Å². The van der Waals surface area contributed by atoms with E-state index in [2.05, 4.69) is 15.3 Å². The predicted molar refractivity (Wildman–Crippen MR) is 69.8 cm³/mol. The number of benzene rings is 1. The fraction of sp³-hybridized carbons (Fsp3) is 0.286. The molecular formula is C14H13N3O2. The number of hydrogen-bond donors (Lipinski definition) is 1. The summed E-state index contributed by atoms with van der Waals surface area (Å²) in [5, 5.41) is 3.28. The number of aromatic nitrogens is 2. The van der Waals surface area contributed by atoms with Gasteiger partial charge in [-0.05, 0) is 31.0 Å². The quantitative estimate of drug-likeness (QED) is 0.774. The van der Waals surface area contributed by atoms with Crippen molar-refractivity contribution in [1.29, 1.82) is 0 Å². The van der Waals surface area contributed by atoms with Gasteiger partial charge in [0.05, 0.1) is 12.7 Å². The van der Waals surface area contributed by atoms with Gasteiger partial charge in [0.25, 0.3) is 0 Å². The molecule has 3 aromatic rings. The Labute approximate surface area is 109 Å². The third-order valence-corrected chi connectivity index (χ3v) is 3.28. The highest BCUT2D eigenvalue weighted by atomic mass is 16.3. The maximum Gasteiger partial charge on any atom is 0.198 e. The molecule has 2 aromatic heterocycles. The second-order valence-corrected chi connectivity index (χ2v) is 4.83. The summed E-state index contributed by atoms with van der Waals surface area (Å²) >= 11 is 0. The van der Waals surface area contributed by atoms with Crippen LogP contribution >= 0.6 is 0 Å². The van der Waals surface area contributed by atoms with Crippen LogP contribution in [0.5, 0.6) is 0 Å². The lowest BCUT2D eigenvalue weighted by Gasteiger charge is -2.02. The molecule has 0 amide bonds. The molecule has 0 radical (unpaired) electrons. The van der Waals surface area contributed by atoms with E-state index in [9.17, 15) is 0 Å². The minimum Gasteiger partial charge on any atom is -0.447 e. The molecule has 4 rings (SSSR count). The highest BCUT2D eigenvalue weighted by molar-refractivity contribution is 5.77. The van der Waals surface area contributed by atoms with Crippen molar-refractivity contribution < 1.29 is 8.83 Å². The van der Waals surface area contributed by atoms with Gasteiger partial charge in [-0.1, -0.05) is 0 Å². The molecule has 96 valence electrons. The molecule has 0 atom stereocenters. The number of rotatable bonds is 4. The minimum atomic E-state index is 0.540. The normalized spacial score (nSPS) is 14.9. The fourth-order valence-electron chi connectivity index (χ4n) is 2.08. The van der Waals surface area contributed by atoms with Crippen LogP contribution in [0.4, 0.5) is 5.69 Å². The van der Waals surface area contributed by atoms with E-state index in [4.69, 9.17) is 8.83 Å². The second kappa shape index (κ2) is 4.12. The average Bonchev–Trinajstić information content (AvgIpc) is 3.00. The number of nitrogens with zero attached hydrogens (tertiary/aromatic N) is 2. The average molecular weight is 255 g/mol. The third kappa shape index (κ3) is 2.07. The monoisotopic (exact) mass is 255 g/mol. The number of oxazole rings is 2. The van der Waals surface area contributed by atoms with Crippen LogP contribution in [0.1, 0.15) is 30.4 Å². The molecule has 0 saturated heterocycles. The lowest BCUT2D eigenvalue weighted by Crippen LogP contribution is -1.97. The zero-order valence-corrected chi connectivity index (χ0v) is 10.3. The molecule has 0 bridgehead atoms. The standard InChI is InChI=1S/C14H13N3O2/c1-2-9(1)14-17-12-5-10(3-4-13(12)19-14)16-7-11-6-15-8-18-11/h3-6,8-9,16H,1-2,7H2. The molecule has 5 nitrogen and oxygen atoms in total. The van der Waals surface area contributed by atoms with Gasteiger partial charge in [0, 0.05) is 11.6 Å². The topological polar surface area (TPSA) is 64.1 Å². The van der Waals surface area contributed by atoms with Gasteiger partial charge in [0.15, 0.2) is 17.9 Å². The first-order chi connectivity index (χ1) is 9.38. The maximum atomic E-state index is 5.73. The van der Waals surface area contributed by atoms with Crippen molar-refractivity contribution in [3.63, 3.8) is 0 Å². The van der Waals surface area contributed by atoms with Crippen molar-refractivity contribution in [3.05, 3.63) is 42.4 Å². The summed E-state index contributed by atoms with van der Waals surface area (Å²) in [6.07, 6.45) is 5.53. The molecule has 2 heterocycles. The molecule has 1 aliphatic rings. The van der Waals surface area contributed by atoms with Crippen molar-refractivity contribution in [2.75, 3.05) is 5.32 Å². The van der Waals surface area contributed by atoms with Gasteiger partial charge in [-0.2, -0.15) is 0 Å². The Kier molecular flexibility index (Phi) is 2.30. The smallest absolute Gasteiger partial charge is 0.198 e. The first-order valence-corrected chi connectivity index (χ1v) is 6.40. The van der Waals surface area contributed by atoms with Gasteiger partial charge in [-0.15, -0.1) is 0 Å². The van der Waals surface area contributed by atoms with Crippen LogP contribution in [-0.2, 0) is 6.54 Å². The van der Waals surface area contributed by atoms with Gasteiger partial charge in [0.1, 0.15) is 11.3 Å². The van der Waals surface area contributed by atoms with Crippen molar-refractivity contribution in [2.24, 2.45) is 0 Å². The van der Waals surface area contributed by atoms with Crippen LogP contribution in [0.3, 0.4) is 0 Å². The van der Waals surface area contributed by atoms with Crippen LogP contribution in [0.2, 0.25) is 0 Å². The van der Waals surface area contributed by atoms with Crippen molar-refractivity contribution in [2.45, 2.75) is 25.3 Å². The summed E-state index contributed by atoms with van der Waals surface area (Å²) in [7, 11) is 0. The minimum absolute atomic E-state index is 0.540. The Morgan fingerprint density at radius 1 is 1.32 bits per heavy atom. The zero-order valence-electron chi connectivity index (χ0n) is 10.3. The van der Waals surface area contributed by atoms with E-state index < -0.39 is 0 Å². The molecule has 19 heavy (non-hydrogen) atoms. The number of hydrogen-bond acceptors (Lipinski definition) is 5. The molecule has 1 N–H and O–H groups in total. The van der Waals surface area contributed by atoms with E-state index >= 15 is 0 Å². The first-order valence-electron chi connectivity index (χ1n) is 6.40. The highest BCUT2D eigenvalue weighted by Gasteiger charge is 2.28. The third-order valence-electron chi connectivity index (χ3n) is 3.28. The van der Waals surface area contributed by atoms with E-state index in [-0.39, 0.29) is 0 Å². The summed E-state index contributed by atoms with van der Waals surface area (Å²) < 4.78 is 10.9. The van der Waals surface area contributed by atoms with Crippen molar-refractivity contribution in [1.82, 2.24) is 9.97 Å². The van der Waals surface area contributed by atoms with Crippen LogP contribution in [0.15, 0.2) is 39.6 Å². The Bertz CT molecular complexity index is 699. The molecule has 0 unspecified atom stereocenters. The summed E-state index contributed by atoms with van der Waals surface area (Å²) in [5.74, 6) is 2.22. The number of anilines is 1. The summed E-state index contributed by atoms with van der Waals surface area (Å²) in [4.78, 5) is 8.42. The summed E-state index contributed by atoms with van der Waals surface area (Å²) in [6, 6.07) is 5.94. The Hall–Kier alpha value is -2.30. The Balaban J connectivity index is 1.56. The van der Waals surface area contributed by atoms with E-state index in [0.29, 0.717) is 12.5 Å². The Morgan fingerprint density at radius 3 is 3.05 bits per heavy atom. The molecule has 1 aromatic carbocycles. The van der Waals surface area contributed by atoms with E-state index in [1.165, 1.54) is 19.2 Å². The fourth-order valence-corrected chi connectivity index (χ4v) is 2.08. The molecule has 1 fully saturated rings. The van der Waals surface area contributed by atoms with E-state index in [0.717, 1.165) is 28.4 Å². The molecule has 0 aliphatic heterocycles. The van der Waals surface area contributed by atoms with Crippen molar-refractivity contribution in [3.8, 4) is 0 Å². The maximum absolute atomic E-state index is 5.73.